The van der Waals surface area contributed by atoms with Gasteiger partial charge >= 0.3 is 5.69 Å². The van der Waals surface area contributed by atoms with Crippen molar-refractivity contribution >= 4 is 0 Å². The molecule has 264 valence electrons. The van der Waals surface area contributed by atoms with Gasteiger partial charge in [0.1, 0.15) is 17.7 Å². The van der Waals surface area contributed by atoms with E-state index in [1.807, 2.05) is 0 Å². The van der Waals surface area contributed by atoms with Crippen molar-refractivity contribution in [2.75, 3.05) is 0 Å². The van der Waals surface area contributed by atoms with Crippen LogP contribution in [0, 0.1) is 41.5 Å². The smallest absolute Gasteiger partial charge is 0.325 e. The van der Waals surface area contributed by atoms with E-state index in [1.165, 1.54) is 38.2 Å². The molecule has 0 saturated heterocycles. The molecule has 8 N–H and O–H groups in total. The normalized spacial score (nSPS) is 9.24. The first-order chi connectivity index (χ1) is 23.6. The van der Waals surface area contributed by atoms with Crippen molar-refractivity contribution in [1.29, 1.82) is 0 Å². The first-order valence-corrected chi connectivity index (χ1v) is 14.0. The molecule has 0 spiro atoms. The van der Waals surface area contributed by atoms with E-state index in [0.717, 1.165) is 6.33 Å². The molecular weight excluding hydrogens is 658 g/mol. The Morgan fingerprint density at radius 1 is 0.580 bits per heavy atom. The molecule has 21 heteroatoms. The molecular formula is C29H35N13O8. The largest absolute Gasteiger partial charge is 0.493 e. The second kappa shape index (κ2) is 21.6. The molecule has 0 amide bonds. The van der Waals surface area contributed by atoms with Crippen LogP contribution in [0.2, 0.25) is 0 Å². The monoisotopic (exact) mass is 693 g/mol. The van der Waals surface area contributed by atoms with E-state index in [4.69, 9.17) is 5.11 Å². The molecule has 0 bridgehead atoms. The summed E-state index contributed by atoms with van der Waals surface area (Å²) in [4.78, 5) is 99.6. The Labute approximate surface area is 280 Å². The predicted molar refractivity (Wildman–Crippen MR) is 180 cm³/mol. The number of nitrogens with one attached hydrogen (secondary N) is 7. The average molecular weight is 694 g/mol. The SMILES string of the molecule is Cc1c(O)nc[nH]c1=O.Cc1c[nH]c(=O)[nH]c1=O.Cc1ccn[nH]c1=O.Cc1cnc[nH]c1=O.Cc1ncc[nH]c1=O.Cc1ncn[nH]c1=O. The van der Waals surface area contributed by atoms with Gasteiger partial charge in [-0.1, -0.05) is 0 Å². The molecule has 6 aromatic heterocycles. The van der Waals surface area contributed by atoms with Gasteiger partial charge in [-0.05, 0) is 47.6 Å². The number of aromatic nitrogens is 13. The number of aryl methyl sites for hydroxylation is 5. The van der Waals surface area contributed by atoms with Gasteiger partial charge in [0.2, 0.25) is 5.88 Å². The highest BCUT2D eigenvalue weighted by Gasteiger charge is 1.97. The van der Waals surface area contributed by atoms with Gasteiger partial charge in [0.15, 0.2) is 0 Å². The number of hydrogen-bond donors (Lipinski definition) is 8. The van der Waals surface area contributed by atoms with Crippen LogP contribution < -0.4 is 39.0 Å². The summed E-state index contributed by atoms with van der Waals surface area (Å²) in [7, 11) is 0. The third-order valence-electron chi connectivity index (χ3n) is 5.57. The van der Waals surface area contributed by atoms with E-state index in [9.17, 15) is 33.6 Å². The van der Waals surface area contributed by atoms with Crippen LogP contribution in [0.15, 0.2) is 89.6 Å². The van der Waals surface area contributed by atoms with Crippen molar-refractivity contribution in [3.8, 4) is 5.88 Å². The molecule has 50 heavy (non-hydrogen) atoms. The molecule has 21 nitrogen and oxygen atoms in total. The zero-order valence-corrected chi connectivity index (χ0v) is 27.7. The van der Waals surface area contributed by atoms with Gasteiger partial charge in [-0.25, -0.2) is 29.9 Å². The second-order valence-corrected chi connectivity index (χ2v) is 9.47. The fraction of sp³-hybridized carbons (Fsp3) is 0.207. The van der Waals surface area contributed by atoms with E-state index >= 15 is 0 Å². The summed E-state index contributed by atoms with van der Waals surface area (Å²) in [5.41, 5.74) is 1.41. The minimum atomic E-state index is -0.467. The Balaban J connectivity index is 0.000000300. The topological polar surface area (TPSA) is 328 Å². The number of rotatable bonds is 0. The summed E-state index contributed by atoms with van der Waals surface area (Å²) in [6, 6.07) is 1.67. The molecule has 0 aliphatic rings. The maximum atomic E-state index is 10.6. The summed E-state index contributed by atoms with van der Waals surface area (Å²) in [5, 5.41) is 20.2. The van der Waals surface area contributed by atoms with E-state index in [-0.39, 0.29) is 44.8 Å². The maximum absolute atomic E-state index is 10.6. The zero-order valence-electron chi connectivity index (χ0n) is 27.7. The number of aromatic amines is 7. The first-order valence-electron chi connectivity index (χ1n) is 14.0. The minimum Gasteiger partial charge on any atom is -0.493 e. The Morgan fingerprint density at radius 3 is 1.64 bits per heavy atom. The molecule has 0 unspecified atom stereocenters. The molecule has 6 heterocycles. The standard InChI is InChI=1S/2C5H6N2O2.3C5H6N2O.C4H5N3O/c1-3-4(8)6-2-7-5(3)9;1-3-2-6-5(9)7-4(3)8;1-4-2-6-3-7-5(4)8;1-4-5(8)7-3-2-6-4;1-4-2-3-6-7-5(4)8;1-3-4(8)7-6-2-5-3/h2*2H,1H3,(H2,6,7,8,9);2-3H,1H3,(H,6,7,8);2*2-3H,1H3,(H,7,8);2H,1H3,(H,7,8). The van der Waals surface area contributed by atoms with Crippen molar-refractivity contribution in [3.63, 3.8) is 0 Å². The fourth-order valence-corrected chi connectivity index (χ4v) is 2.53. The molecule has 6 rings (SSSR count). The quantitative estimate of drug-likeness (QED) is 0.0933. The van der Waals surface area contributed by atoms with E-state index in [1.54, 1.807) is 53.1 Å². The highest BCUT2D eigenvalue weighted by molar-refractivity contribution is 5.17. The number of hydrogen-bond acceptors (Lipinski definition) is 14. The van der Waals surface area contributed by atoms with Crippen LogP contribution in [-0.4, -0.2) is 70.4 Å². The van der Waals surface area contributed by atoms with Crippen LogP contribution >= 0.6 is 0 Å². The lowest BCUT2D eigenvalue weighted by atomic mass is 10.4. The van der Waals surface area contributed by atoms with Gasteiger partial charge in [0, 0.05) is 47.7 Å². The van der Waals surface area contributed by atoms with Crippen LogP contribution in [-0.2, 0) is 0 Å². The lowest BCUT2D eigenvalue weighted by Crippen LogP contribution is -2.22. The molecule has 0 radical (unpaired) electrons. The van der Waals surface area contributed by atoms with E-state index in [0.29, 0.717) is 28.1 Å². The summed E-state index contributed by atoms with van der Waals surface area (Å²) in [6.45, 7) is 9.86. The van der Waals surface area contributed by atoms with E-state index in [2.05, 4.69) is 65.3 Å². The summed E-state index contributed by atoms with van der Waals surface area (Å²) < 4.78 is 0. The van der Waals surface area contributed by atoms with Gasteiger partial charge in [-0.15, -0.1) is 0 Å². The van der Waals surface area contributed by atoms with Crippen LogP contribution in [0.1, 0.15) is 33.6 Å². The third-order valence-corrected chi connectivity index (χ3v) is 5.57. The van der Waals surface area contributed by atoms with Gasteiger partial charge in [0.05, 0.1) is 18.2 Å². The number of nitrogens with zero attached hydrogens (tertiary/aromatic N) is 6. The van der Waals surface area contributed by atoms with Gasteiger partial charge in [-0.3, -0.25) is 38.7 Å². The Morgan fingerprint density at radius 2 is 1.24 bits per heavy atom. The highest BCUT2D eigenvalue weighted by atomic mass is 16.3. The lowest BCUT2D eigenvalue weighted by molar-refractivity contribution is 0.446. The first kappa shape index (κ1) is 40.8. The summed E-state index contributed by atoms with van der Waals surface area (Å²) >= 11 is 0. The second-order valence-electron chi connectivity index (χ2n) is 9.47. The van der Waals surface area contributed by atoms with Crippen LogP contribution in [0.3, 0.4) is 0 Å². The van der Waals surface area contributed by atoms with Crippen molar-refractivity contribution in [2.24, 2.45) is 0 Å². The van der Waals surface area contributed by atoms with E-state index < -0.39 is 5.69 Å². The van der Waals surface area contributed by atoms with Crippen molar-refractivity contribution < 1.29 is 5.11 Å². The summed E-state index contributed by atoms with van der Waals surface area (Å²) in [5.74, 6) is -0.209. The van der Waals surface area contributed by atoms with Crippen LogP contribution in [0.25, 0.3) is 0 Å². The maximum Gasteiger partial charge on any atom is 0.325 e. The molecule has 6 aromatic rings. The molecule has 0 aromatic carbocycles. The van der Waals surface area contributed by atoms with Gasteiger partial charge in [0.25, 0.3) is 33.4 Å². The number of H-pyrrole nitrogens is 7. The lowest BCUT2D eigenvalue weighted by Gasteiger charge is -1.90. The minimum absolute atomic E-state index is 0.0694. The Kier molecular flexibility index (Phi) is 17.6. The Bertz CT molecular complexity index is 2130. The molecule has 0 fully saturated rings. The van der Waals surface area contributed by atoms with Crippen molar-refractivity contribution in [2.45, 2.75) is 41.5 Å². The molecule has 0 aliphatic carbocycles. The highest BCUT2D eigenvalue weighted by Crippen LogP contribution is 2.01. The van der Waals surface area contributed by atoms with Crippen LogP contribution in [0.4, 0.5) is 0 Å². The Hall–Kier alpha value is -7.19. The fourth-order valence-electron chi connectivity index (χ4n) is 2.53. The van der Waals surface area contributed by atoms with Gasteiger partial charge in [-0.2, -0.15) is 10.2 Å². The van der Waals surface area contributed by atoms with Crippen molar-refractivity contribution in [3.05, 3.63) is 162 Å². The molecule has 0 saturated carbocycles. The zero-order chi connectivity index (χ0) is 37.6. The predicted octanol–water partition coefficient (Wildman–Crippen LogP) is -1.14. The van der Waals surface area contributed by atoms with Crippen molar-refractivity contribution in [1.82, 2.24) is 65.3 Å². The van der Waals surface area contributed by atoms with Crippen LogP contribution in [0.5, 0.6) is 5.88 Å². The number of aromatic hydroxyl groups is 1. The molecule has 0 atom stereocenters. The average Bonchev–Trinajstić information content (AvgIpc) is 3.09. The third kappa shape index (κ3) is 15.9. The summed E-state index contributed by atoms with van der Waals surface area (Å²) in [6.07, 6.45) is 11.3. The molecule has 0 aliphatic heterocycles. The van der Waals surface area contributed by atoms with Gasteiger partial charge < -0.3 is 25.0 Å².